The third-order valence-corrected chi connectivity index (χ3v) is 3.76. The molecule has 1 heterocycles. The molecule has 22 heavy (non-hydrogen) atoms. The van der Waals surface area contributed by atoms with Gasteiger partial charge in [-0.2, -0.15) is 0 Å². The first kappa shape index (κ1) is 16.7. The van der Waals surface area contributed by atoms with Crippen molar-refractivity contribution in [2.75, 3.05) is 19.7 Å². The van der Waals surface area contributed by atoms with Crippen LogP contribution in [0.2, 0.25) is 0 Å². The minimum atomic E-state index is -0.798. The van der Waals surface area contributed by atoms with E-state index in [1.54, 1.807) is 0 Å². The molecule has 1 saturated heterocycles. The number of halogens is 1. The molecular formula is C16H23FN2O3. The van der Waals surface area contributed by atoms with Crippen molar-refractivity contribution < 1.29 is 19.0 Å². The van der Waals surface area contributed by atoms with E-state index < -0.39 is 6.10 Å². The van der Waals surface area contributed by atoms with Crippen molar-refractivity contribution in [1.82, 2.24) is 10.6 Å². The Hall–Kier alpha value is -1.66. The molecule has 5 nitrogen and oxygen atoms in total. The van der Waals surface area contributed by atoms with Crippen molar-refractivity contribution in [3.8, 4) is 5.75 Å². The second kappa shape index (κ2) is 8.10. The first-order valence-corrected chi connectivity index (χ1v) is 7.62. The molecule has 1 aliphatic heterocycles. The fourth-order valence-electron chi connectivity index (χ4n) is 2.51. The van der Waals surface area contributed by atoms with Gasteiger partial charge in [-0.05, 0) is 50.6 Å². The van der Waals surface area contributed by atoms with Gasteiger partial charge in [0.15, 0.2) is 0 Å². The number of carbonyl (C=O) groups is 1. The van der Waals surface area contributed by atoms with Gasteiger partial charge in [0.05, 0.1) is 0 Å². The highest BCUT2D eigenvalue weighted by molar-refractivity contribution is 5.78. The zero-order valence-electron chi connectivity index (χ0n) is 12.7. The number of rotatable bonds is 6. The number of hydrogen-bond donors (Lipinski definition) is 3. The maximum Gasteiger partial charge on any atom is 0.223 e. The van der Waals surface area contributed by atoms with Crippen LogP contribution >= 0.6 is 0 Å². The van der Waals surface area contributed by atoms with Gasteiger partial charge in [-0.15, -0.1) is 0 Å². The van der Waals surface area contributed by atoms with Gasteiger partial charge in [-0.1, -0.05) is 0 Å². The molecule has 1 amide bonds. The Labute approximate surface area is 129 Å². The fraction of sp³-hybridized carbons (Fsp3) is 0.562. The van der Waals surface area contributed by atoms with E-state index in [-0.39, 0.29) is 30.8 Å². The van der Waals surface area contributed by atoms with Gasteiger partial charge in [0, 0.05) is 18.5 Å². The molecule has 1 aromatic carbocycles. The lowest BCUT2D eigenvalue weighted by molar-refractivity contribution is -0.126. The predicted octanol–water partition coefficient (Wildman–Crippen LogP) is 1.07. The molecular weight excluding hydrogens is 287 g/mol. The SMILES string of the molecule is C[C@H]1C[C@@H](C(=O)NCC(O)COc2ccc(F)cc2)CCN1. The van der Waals surface area contributed by atoms with E-state index in [0.29, 0.717) is 11.8 Å². The summed E-state index contributed by atoms with van der Waals surface area (Å²) in [7, 11) is 0. The van der Waals surface area contributed by atoms with Crippen LogP contribution in [0.5, 0.6) is 5.75 Å². The highest BCUT2D eigenvalue weighted by atomic mass is 19.1. The lowest BCUT2D eigenvalue weighted by atomic mass is 9.92. The number of piperidine rings is 1. The van der Waals surface area contributed by atoms with Gasteiger partial charge >= 0.3 is 0 Å². The fourth-order valence-corrected chi connectivity index (χ4v) is 2.51. The Morgan fingerprint density at radius 2 is 2.23 bits per heavy atom. The first-order chi connectivity index (χ1) is 10.5. The van der Waals surface area contributed by atoms with E-state index in [9.17, 15) is 14.3 Å². The van der Waals surface area contributed by atoms with Crippen molar-refractivity contribution in [2.24, 2.45) is 5.92 Å². The van der Waals surface area contributed by atoms with Crippen molar-refractivity contribution in [1.29, 1.82) is 0 Å². The highest BCUT2D eigenvalue weighted by Crippen LogP contribution is 2.16. The second-order valence-electron chi connectivity index (χ2n) is 5.74. The second-order valence-corrected chi connectivity index (χ2v) is 5.74. The average molecular weight is 310 g/mol. The number of carbonyl (C=O) groups excluding carboxylic acids is 1. The molecule has 1 unspecified atom stereocenters. The molecule has 0 aromatic heterocycles. The normalized spacial score (nSPS) is 22.9. The Morgan fingerprint density at radius 1 is 1.50 bits per heavy atom. The zero-order valence-corrected chi connectivity index (χ0v) is 12.7. The maximum atomic E-state index is 12.7. The van der Waals surface area contributed by atoms with Crippen LogP contribution in [0.15, 0.2) is 24.3 Å². The lowest BCUT2D eigenvalue weighted by Crippen LogP contribution is -2.44. The van der Waals surface area contributed by atoms with Crippen molar-refractivity contribution >= 4 is 5.91 Å². The molecule has 2 rings (SSSR count). The van der Waals surface area contributed by atoms with E-state index in [1.165, 1.54) is 24.3 Å². The summed E-state index contributed by atoms with van der Waals surface area (Å²) in [6, 6.07) is 5.92. The van der Waals surface area contributed by atoms with Crippen LogP contribution in [0.25, 0.3) is 0 Å². The standard InChI is InChI=1S/C16H23FN2O3/c1-11-8-12(6-7-18-11)16(21)19-9-14(20)10-22-15-4-2-13(17)3-5-15/h2-5,11-12,14,18,20H,6-10H2,1H3,(H,19,21)/t11-,12-,14?/m0/s1. The summed E-state index contributed by atoms with van der Waals surface area (Å²) < 4.78 is 18.1. The number of hydrogen-bond acceptors (Lipinski definition) is 4. The van der Waals surface area contributed by atoms with Crippen LogP contribution in [-0.2, 0) is 4.79 Å². The van der Waals surface area contributed by atoms with Crippen molar-refractivity contribution in [3.63, 3.8) is 0 Å². The molecule has 3 N–H and O–H groups in total. The zero-order chi connectivity index (χ0) is 15.9. The Bertz CT molecular complexity index is 481. The summed E-state index contributed by atoms with van der Waals surface area (Å²) in [5.41, 5.74) is 0. The number of aliphatic hydroxyl groups is 1. The van der Waals surface area contributed by atoms with E-state index in [0.717, 1.165) is 19.4 Å². The van der Waals surface area contributed by atoms with E-state index in [2.05, 4.69) is 17.6 Å². The molecule has 1 fully saturated rings. The molecule has 1 aliphatic rings. The van der Waals surface area contributed by atoms with Gasteiger partial charge in [0.1, 0.15) is 24.3 Å². The summed E-state index contributed by atoms with van der Waals surface area (Å²) >= 11 is 0. The van der Waals surface area contributed by atoms with Crippen molar-refractivity contribution in [3.05, 3.63) is 30.1 Å². The molecule has 0 bridgehead atoms. The molecule has 0 saturated carbocycles. The molecule has 1 aromatic rings. The number of benzene rings is 1. The van der Waals surface area contributed by atoms with E-state index >= 15 is 0 Å². The van der Waals surface area contributed by atoms with Crippen LogP contribution in [0, 0.1) is 11.7 Å². The van der Waals surface area contributed by atoms with Crippen LogP contribution in [-0.4, -0.2) is 42.9 Å². The van der Waals surface area contributed by atoms with Gasteiger partial charge in [0.25, 0.3) is 0 Å². The van der Waals surface area contributed by atoms with Crippen LogP contribution < -0.4 is 15.4 Å². The third kappa shape index (κ3) is 5.27. The van der Waals surface area contributed by atoms with Gasteiger partial charge in [-0.3, -0.25) is 4.79 Å². The Kier molecular flexibility index (Phi) is 6.15. The number of aliphatic hydroxyl groups excluding tert-OH is 1. The minimum Gasteiger partial charge on any atom is -0.491 e. The molecule has 122 valence electrons. The lowest BCUT2D eigenvalue weighted by Gasteiger charge is -2.27. The maximum absolute atomic E-state index is 12.7. The number of ether oxygens (including phenoxy) is 1. The smallest absolute Gasteiger partial charge is 0.223 e. The third-order valence-electron chi connectivity index (χ3n) is 3.76. The summed E-state index contributed by atoms with van der Waals surface area (Å²) in [5, 5.41) is 15.9. The topological polar surface area (TPSA) is 70.6 Å². The monoisotopic (exact) mass is 310 g/mol. The molecule has 0 aliphatic carbocycles. The molecule has 0 spiro atoms. The van der Waals surface area contributed by atoms with E-state index in [1.807, 2.05) is 0 Å². The Morgan fingerprint density at radius 3 is 2.91 bits per heavy atom. The largest absolute Gasteiger partial charge is 0.491 e. The Balaban J connectivity index is 1.67. The van der Waals surface area contributed by atoms with Crippen LogP contribution in [0.4, 0.5) is 4.39 Å². The molecule has 3 atom stereocenters. The van der Waals surface area contributed by atoms with E-state index in [4.69, 9.17) is 4.74 Å². The minimum absolute atomic E-state index is 0.00136. The summed E-state index contributed by atoms with van der Waals surface area (Å²) in [6.07, 6.45) is 0.833. The van der Waals surface area contributed by atoms with Crippen LogP contribution in [0.3, 0.4) is 0 Å². The average Bonchev–Trinajstić information content (AvgIpc) is 2.52. The quantitative estimate of drug-likeness (QED) is 0.735. The summed E-state index contributed by atoms with van der Waals surface area (Å²) in [5.74, 6) is 0.131. The molecule has 6 heteroatoms. The van der Waals surface area contributed by atoms with Crippen molar-refractivity contribution in [2.45, 2.75) is 31.9 Å². The van der Waals surface area contributed by atoms with Gasteiger partial charge in [-0.25, -0.2) is 4.39 Å². The number of amides is 1. The van der Waals surface area contributed by atoms with Gasteiger partial charge < -0.3 is 20.5 Å². The summed E-state index contributed by atoms with van der Waals surface area (Å²) in [4.78, 5) is 12.0. The van der Waals surface area contributed by atoms with Crippen LogP contribution in [0.1, 0.15) is 19.8 Å². The van der Waals surface area contributed by atoms with Gasteiger partial charge in [0.2, 0.25) is 5.91 Å². The predicted molar refractivity (Wildman–Crippen MR) is 81.1 cm³/mol. The summed E-state index contributed by atoms with van der Waals surface area (Å²) in [6.45, 7) is 3.10. The first-order valence-electron chi connectivity index (χ1n) is 7.62. The highest BCUT2D eigenvalue weighted by Gasteiger charge is 2.24. The number of nitrogens with one attached hydrogen (secondary N) is 2. The molecule has 0 radical (unpaired) electrons.